The van der Waals surface area contributed by atoms with Gasteiger partial charge in [0.2, 0.25) is 0 Å². The molecule has 2 aromatic rings. The first kappa shape index (κ1) is 16.4. The van der Waals surface area contributed by atoms with Gasteiger partial charge >= 0.3 is 6.03 Å². The SMILES string of the molecule is Cc1nccn1-c1ccc(CNC(=O)N2CCC(CO)C2)cc1F. The summed E-state index contributed by atoms with van der Waals surface area (Å²) in [4.78, 5) is 17.9. The summed E-state index contributed by atoms with van der Waals surface area (Å²) in [5.41, 5.74) is 1.13. The Morgan fingerprint density at radius 2 is 2.33 bits per heavy atom. The largest absolute Gasteiger partial charge is 0.396 e. The lowest BCUT2D eigenvalue weighted by atomic mass is 10.1. The number of hydrogen-bond acceptors (Lipinski definition) is 3. The number of urea groups is 1. The number of nitrogens with one attached hydrogen (secondary N) is 1. The summed E-state index contributed by atoms with van der Waals surface area (Å²) >= 11 is 0. The molecule has 1 aliphatic heterocycles. The molecule has 0 radical (unpaired) electrons. The number of amides is 2. The summed E-state index contributed by atoms with van der Waals surface area (Å²) in [6.45, 7) is 3.38. The number of aliphatic hydroxyl groups is 1. The van der Waals surface area contributed by atoms with E-state index in [2.05, 4.69) is 10.3 Å². The van der Waals surface area contributed by atoms with E-state index in [1.807, 2.05) is 6.92 Å². The van der Waals surface area contributed by atoms with E-state index in [0.717, 1.165) is 6.42 Å². The number of nitrogens with zero attached hydrogens (tertiary/aromatic N) is 3. The first-order valence-corrected chi connectivity index (χ1v) is 8.01. The molecule has 24 heavy (non-hydrogen) atoms. The summed E-state index contributed by atoms with van der Waals surface area (Å²) < 4.78 is 16.0. The predicted octanol–water partition coefficient (Wildman–Crippen LogP) is 1.84. The van der Waals surface area contributed by atoms with Gasteiger partial charge in [0.15, 0.2) is 0 Å². The fourth-order valence-corrected chi connectivity index (χ4v) is 2.94. The zero-order chi connectivity index (χ0) is 17.1. The van der Waals surface area contributed by atoms with Crippen LogP contribution >= 0.6 is 0 Å². The third kappa shape index (κ3) is 3.41. The number of aliphatic hydroxyl groups excluding tert-OH is 1. The van der Waals surface area contributed by atoms with Crippen molar-refractivity contribution < 1.29 is 14.3 Å². The van der Waals surface area contributed by atoms with Gasteiger partial charge in [-0.25, -0.2) is 14.2 Å². The number of aryl methyl sites for hydroxylation is 1. The van der Waals surface area contributed by atoms with Crippen LogP contribution in [0.5, 0.6) is 0 Å². The number of rotatable bonds is 4. The zero-order valence-electron chi connectivity index (χ0n) is 13.6. The van der Waals surface area contributed by atoms with Gasteiger partial charge in [0.25, 0.3) is 0 Å². The minimum atomic E-state index is -0.357. The van der Waals surface area contributed by atoms with E-state index in [0.29, 0.717) is 30.2 Å². The fourth-order valence-electron chi connectivity index (χ4n) is 2.94. The highest BCUT2D eigenvalue weighted by Gasteiger charge is 2.25. The van der Waals surface area contributed by atoms with Crippen LogP contribution in [0, 0.1) is 18.7 Å². The maximum atomic E-state index is 14.3. The second-order valence-corrected chi connectivity index (χ2v) is 6.07. The average Bonchev–Trinajstić information content (AvgIpc) is 3.22. The van der Waals surface area contributed by atoms with Crippen molar-refractivity contribution >= 4 is 6.03 Å². The van der Waals surface area contributed by atoms with Crippen molar-refractivity contribution in [3.8, 4) is 5.69 Å². The van der Waals surface area contributed by atoms with Crippen molar-refractivity contribution in [3.63, 3.8) is 0 Å². The van der Waals surface area contributed by atoms with Crippen molar-refractivity contribution in [1.29, 1.82) is 0 Å². The Kier molecular flexibility index (Phi) is 4.80. The highest BCUT2D eigenvalue weighted by molar-refractivity contribution is 5.74. The van der Waals surface area contributed by atoms with Gasteiger partial charge in [0, 0.05) is 44.6 Å². The number of carbonyl (C=O) groups excluding carboxylic acids is 1. The molecule has 1 saturated heterocycles. The summed E-state index contributed by atoms with van der Waals surface area (Å²) in [5, 5.41) is 11.9. The van der Waals surface area contributed by atoms with Gasteiger partial charge in [-0.15, -0.1) is 0 Å². The summed E-state index contributed by atoms with van der Waals surface area (Å²) in [7, 11) is 0. The standard InChI is InChI=1S/C17H21FN4O2/c1-12-19-5-7-22(12)16-3-2-13(8-15(16)18)9-20-17(24)21-6-4-14(10-21)11-23/h2-3,5,7-8,14,23H,4,6,9-11H2,1H3,(H,20,24). The Hall–Kier alpha value is -2.41. The lowest BCUT2D eigenvalue weighted by Gasteiger charge is -2.17. The number of likely N-dealkylation sites (tertiary alicyclic amines) is 1. The molecule has 1 unspecified atom stereocenters. The highest BCUT2D eigenvalue weighted by Crippen LogP contribution is 2.18. The molecule has 0 spiro atoms. The maximum Gasteiger partial charge on any atom is 0.317 e. The number of benzene rings is 1. The van der Waals surface area contributed by atoms with Crippen LogP contribution in [0.1, 0.15) is 17.8 Å². The molecular formula is C17H21FN4O2. The first-order valence-electron chi connectivity index (χ1n) is 8.01. The lowest BCUT2D eigenvalue weighted by molar-refractivity contribution is 0.198. The third-order valence-corrected chi connectivity index (χ3v) is 4.37. The van der Waals surface area contributed by atoms with Crippen molar-refractivity contribution in [1.82, 2.24) is 19.8 Å². The average molecular weight is 332 g/mol. The molecule has 1 aliphatic rings. The molecule has 1 aromatic carbocycles. The Labute approximate surface area is 139 Å². The second kappa shape index (κ2) is 7.00. The van der Waals surface area contributed by atoms with Gasteiger partial charge < -0.3 is 19.9 Å². The van der Waals surface area contributed by atoms with E-state index < -0.39 is 0 Å². The van der Waals surface area contributed by atoms with E-state index in [1.165, 1.54) is 6.07 Å². The van der Waals surface area contributed by atoms with Crippen molar-refractivity contribution in [2.75, 3.05) is 19.7 Å². The minimum absolute atomic E-state index is 0.101. The molecule has 1 atom stereocenters. The number of hydrogen-bond donors (Lipinski definition) is 2. The molecule has 0 saturated carbocycles. The molecular weight excluding hydrogens is 311 g/mol. The smallest absolute Gasteiger partial charge is 0.317 e. The fraction of sp³-hybridized carbons (Fsp3) is 0.412. The topological polar surface area (TPSA) is 70.4 Å². The highest BCUT2D eigenvalue weighted by atomic mass is 19.1. The molecule has 3 rings (SSSR count). The molecule has 0 aliphatic carbocycles. The third-order valence-electron chi connectivity index (χ3n) is 4.37. The molecule has 2 amide bonds. The van der Waals surface area contributed by atoms with Gasteiger partial charge in [0.05, 0.1) is 5.69 Å². The molecule has 2 heterocycles. The number of halogens is 1. The van der Waals surface area contributed by atoms with Crippen LogP contribution in [0.3, 0.4) is 0 Å². The Balaban J connectivity index is 1.61. The molecule has 1 fully saturated rings. The monoisotopic (exact) mass is 332 g/mol. The lowest BCUT2D eigenvalue weighted by Crippen LogP contribution is -2.38. The summed E-state index contributed by atoms with van der Waals surface area (Å²) in [6, 6.07) is 4.72. The quantitative estimate of drug-likeness (QED) is 0.897. The van der Waals surface area contributed by atoms with Crippen molar-refractivity contribution in [2.45, 2.75) is 19.9 Å². The molecule has 6 nitrogen and oxygen atoms in total. The minimum Gasteiger partial charge on any atom is -0.396 e. The van der Waals surface area contributed by atoms with Crippen LogP contribution in [0.2, 0.25) is 0 Å². The Bertz CT molecular complexity index is 731. The van der Waals surface area contributed by atoms with E-state index in [4.69, 9.17) is 5.11 Å². The Morgan fingerprint density at radius 3 is 2.96 bits per heavy atom. The summed E-state index contributed by atoms with van der Waals surface area (Å²) in [5.74, 6) is 0.512. The Morgan fingerprint density at radius 1 is 1.50 bits per heavy atom. The van der Waals surface area contributed by atoms with Crippen LogP contribution < -0.4 is 5.32 Å². The van der Waals surface area contributed by atoms with Gasteiger partial charge in [-0.1, -0.05) is 6.07 Å². The molecule has 2 N–H and O–H groups in total. The van der Waals surface area contributed by atoms with Crippen LogP contribution in [-0.2, 0) is 6.54 Å². The molecule has 0 bridgehead atoms. The number of imidazole rings is 1. The summed E-state index contributed by atoms with van der Waals surface area (Å²) in [6.07, 6.45) is 4.15. The molecule has 7 heteroatoms. The van der Waals surface area contributed by atoms with E-state index in [-0.39, 0.29) is 30.9 Å². The maximum absolute atomic E-state index is 14.3. The van der Waals surface area contributed by atoms with E-state index in [9.17, 15) is 9.18 Å². The van der Waals surface area contributed by atoms with Crippen LogP contribution in [0.4, 0.5) is 9.18 Å². The molecule has 128 valence electrons. The number of aromatic nitrogens is 2. The first-order chi connectivity index (χ1) is 11.6. The number of carbonyl (C=O) groups is 1. The van der Waals surface area contributed by atoms with Gasteiger partial charge in [-0.3, -0.25) is 0 Å². The van der Waals surface area contributed by atoms with Gasteiger partial charge in [0.1, 0.15) is 11.6 Å². The normalized spacial score (nSPS) is 17.3. The van der Waals surface area contributed by atoms with Gasteiger partial charge in [-0.2, -0.15) is 0 Å². The second-order valence-electron chi connectivity index (χ2n) is 6.07. The van der Waals surface area contributed by atoms with Crippen LogP contribution in [0.15, 0.2) is 30.6 Å². The van der Waals surface area contributed by atoms with E-state index in [1.54, 1.807) is 34.0 Å². The molecule has 1 aromatic heterocycles. The van der Waals surface area contributed by atoms with Crippen LogP contribution in [-0.4, -0.2) is 45.3 Å². The zero-order valence-corrected chi connectivity index (χ0v) is 13.6. The van der Waals surface area contributed by atoms with Crippen molar-refractivity contribution in [3.05, 3.63) is 47.8 Å². The van der Waals surface area contributed by atoms with E-state index >= 15 is 0 Å². The van der Waals surface area contributed by atoms with Gasteiger partial charge in [-0.05, 0) is 31.0 Å². The van der Waals surface area contributed by atoms with Crippen LogP contribution in [0.25, 0.3) is 5.69 Å². The predicted molar refractivity (Wildman–Crippen MR) is 87.3 cm³/mol. The van der Waals surface area contributed by atoms with Crippen molar-refractivity contribution in [2.24, 2.45) is 5.92 Å².